The van der Waals surface area contributed by atoms with E-state index >= 15 is 0 Å². The van der Waals surface area contributed by atoms with Crippen LogP contribution in [-0.2, 0) is 35.3 Å². The van der Waals surface area contributed by atoms with E-state index in [1.807, 2.05) is 0 Å². The summed E-state index contributed by atoms with van der Waals surface area (Å²) >= 11 is 1.49. The van der Waals surface area contributed by atoms with Gasteiger partial charge in [0.1, 0.15) is 42.1 Å². The highest BCUT2D eigenvalue weighted by molar-refractivity contribution is 8.00. The zero-order valence-electron chi connectivity index (χ0n) is 30.9. The smallest absolute Gasteiger partial charge is 0.477 e. The van der Waals surface area contributed by atoms with Crippen LogP contribution in [-0.4, -0.2) is 166 Å². The molecule has 7 unspecified atom stereocenters. The van der Waals surface area contributed by atoms with Gasteiger partial charge in [-0.1, -0.05) is 6.08 Å². The lowest BCUT2D eigenvalue weighted by molar-refractivity contribution is -0.159. The largest absolute Gasteiger partial charge is 0.519 e. The molecular formula is C32H40N8O17S2. The first-order chi connectivity index (χ1) is 28.0. The number of anilines is 1. The second-order valence-electron chi connectivity index (χ2n) is 13.4. The number of nitrogens with zero attached hydrogens (tertiary/aromatic N) is 6. The van der Waals surface area contributed by atoms with E-state index in [9.17, 15) is 59.2 Å². The van der Waals surface area contributed by atoms with E-state index in [1.165, 1.54) is 17.9 Å². The molecule has 9 atom stereocenters. The van der Waals surface area contributed by atoms with Crippen molar-refractivity contribution in [3.63, 3.8) is 0 Å². The summed E-state index contributed by atoms with van der Waals surface area (Å²) in [4.78, 5) is 99.4. The Morgan fingerprint density at radius 3 is 2.44 bits per heavy atom. The van der Waals surface area contributed by atoms with Crippen molar-refractivity contribution in [2.45, 2.75) is 74.3 Å². The van der Waals surface area contributed by atoms with E-state index in [0.717, 1.165) is 11.8 Å². The molecule has 25 nitrogen and oxygen atoms in total. The number of rotatable bonds is 17. The summed E-state index contributed by atoms with van der Waals surface area (Å²) in [5, 5.41) is 62.5. The fraction of sp³-hybridized carbons (Fsp3) is 0.594. The highest BCUT2D eigenvalue weighted by Crippen LogP contribution is 2.32. The van der Waals surface area contributed by atoms with Crippen molar-refractivity contribution in [1.29, 1.82) is 0 Å². The number of aliphatic carboxylic acids is 1. The average molecular weight is 873 g/mol. The second kappa shape index (κ2) is 19.6. The van der Waals surface area contributed by atoms with Crippen molar-refractivity contribution >= 4 is 64.0 Å². The van der Waals surface area contributed by atoms with Gasteiger partial charge in [0.15, 0.2) is 35.1 Å². The summed E-state index contributed by atoms with van der Waals surface area (Å²) in [6.07, 6.45) is -6.60. The van der Waals surface area contributed by atoms with Crippen LogP contribution in [0.2, 0.25) is 0 Å². The van der Waals surface area contributed by atoms with Crippen molar-refractivity contribution < 1.29 is 72.9 Å². The van der Waals surface area contributed by atoms with Crippen molar-refractivity contribution in [2.24, 2.45) is 16.1 Å². The molecular weight excluding hydrogens is 833 g/mol. The fourth-order valence-corrected chi connectivity index (χ4v) is 7.92. The lowest BCUT2D eigenvalue weighted by atomic mass is 10.0. The molecule has 9 N–H and O–H groups in total. The third-order valence-electron chi connectivity index (χ3n) is 9.50. The van der Waals surface area contributed by atoms with Crippen LogP contribution in [0, 0.1) is 17.7 Å². The number of nitrogens with one attached hydrogen (secondary N) is 1. The molecule has 2 fully saturated rings. The van der Waals surface area contributed by atoms with Gasteiger partial charge in [0.2, 0.25) is 11.9 Å². The predicted octanol–water partition coefficient (Wildman–Crippen LogP) is -2.97. The van der Waals surface area contributed by atoms with Crippen LogP contribution in [0.15, 0.2) is 35.4 Å². The van der Waals surface area contributed by atoms with Crippen LogP contribution in [0.4, 0.5) is 9.93 Å². The zero-order valence-corrected chi connectivity index (χ0v) is 32.5. The van der Waals surface area contributed by atoms with Gasteiger partial charge >= 0.3 is 23.9 Å². The molecule has 0 saturated carbocycles. The maximum atomic E-state index is 13.6. The van der Waals surface area contributed by atoms with Crippen LogP contribution >= 0.6 is 23.3 Å². The number of ether oxygens (including phenoxy) is 2. The van der Waals surface area contributed by atoms with Gasteiger partial charge in [0, 0.05) is 36.9 Å². The number of esters is 1. The first kappa shape index (κ1) is 44.8. The van der Waals surface area contributed by atoms with Gasteiger partial charge in [-0.2, -0.15) is 4.37 Å². The quantitative estimate of drug-likeness (QED) is 0.0581. The topological polar surface area (TPSA) is 381 Å². The molecule has 5 heterocycles. The Morgan fingerprint density at radius 2 is 1.81 bits per heavy atom. The highest BCUT2D eigenvalue weighted by atomic mass is 32.2. The minimum atomic E-state index is -2.12. The molecule has 3 amide bonds. The van der Waals surface area contributed by atoms with Gasteiger partial charge in [-0.05, 0) is 30.5 Å². The minimum Gasteiger partial charge on any atom is -0.477 e. The van der Waals surface area contributed by atoms with Crippen molar-refractivity contribution in [2.75, 3.05) is 44.3 Å². The minimum absolute atomic E-state index is 0.0611. The maximum Gasteiger partial charge on any atom is 0.519 e. The van der Waals surface area contributed by atoms with Crippen molar-refractivity contribution in [1.82, 2.24) is 24.5 Å². The number of aliphatic hydroxyl groups is 5. The molecule has 0 aromatic carbocycles. The Labute approximate surface area is 340 Å². The van der Waals surface area contributed by atoms with Gasteiger partial charge in [-0.25, -0.2) is 24.2 Å². The number of carboxylic acids is 1. The molecule has 5 rings (SSSR count). The van der Waals surface area contributed by atoms with Crippen LogP contribution < -0.4 is 16.9 Å². The lowest BCUT2D eigenvalue weighted by Gasteiger charge is -2.29. The van der Waals surface area contributed by atoms with Crippen LogP contribution in [0.5, 0.6) is 0 Å². The molecule has 2 aromatic rings. The van der Waals surface area contributed by atoms with E-state index in [-0.39, 0.29) is 66.2 Å². The molecule has 3 aliphatic rings. The number of nitrogen functional groups attached to an aromatic ring is 1. The zero-order chi connectivity index (χ0) is 43.1. The Morgan fingerprint density at radius 1 is 1.08 bits per heavy atom. The number of amides is 3. The van der Waals surface area contributed by atoms with E-state index in [0.29, 0.717) is 24.4 Å². The van der Waals surface area contributed by atoms with E-state index in [1.54, 1.807) is 4.90 Å². The van der Waals surface area contributed by atoms with Crippen LogP contribution in [0.3, 0.4) is 0 Å². The lowest BCUT2D eigenvalue weighted by Crippen LogP contribution is -2.52. The third kappa shape index (κ3) is 10.7. The number of aryl methyl sites for hydroxylation is 1. The molecule has 0 bridgehead atoms. The number of aliphatic imine (C=N–C) groups is 1. The fourth-order valence-electron chi connectivity index (χ4n) is 6.32. The number of carboxylic acid groups (broad SMARTS) is 1. The number of aliphatic hydroxyl groups excluding tert-OH is 5. The van der Waals surface area contributed by atoms with Crippen molar-refractivity contribution in [3.05, 3.63) is 44.5 Å². The third-order valence-corrected chi connectivity index (χ3v) is 11.2. The summed E-state index contributed by atoms with van der Waals surface area (Å²) in [6, 6.07) is -4.19. The van der Waals surface area contributed by atoms with E-state index in [2.05, 4.69) is 24.8 Å². The number of hydrogen-bond donors (Lipinski definition) is 8. The van der Waals surface area contributed by atoms with Crippen molar-refractivity contribution in [3.8, 4) is 0 Å². The molecule has 0 aliphatic carbocycles. The summed E-state index contributed by atoms with van der Waals surface area (Å²) in [5.41, 5.74) is 5.10. The summed E-state index contributed by atoms with van der Waals surface area (Å²) < 4.78 is 23.7. The molecule has 59 heavy (non-hydrogen) atoms. The maximum absolute atomic E-state index is 13.6. The number of thioether (sulfide) groups is 1. The summed E-state index contributed by atoms with van der Waals surface area (Å²) in [5.74, 6) is -6.54. The standard InChI is InChI=1S/C32H40N8O17S2/c1-12-18(57-32(52)56-12)10-55-31(51)39-4-3-15(7-39)40-5-2-13(27(40)47)6-14-11-58-26(35-19(14)28(48)49)21(34-25(46)20(37-53)24-36-30(33)59-38-24)29(50)54-9-17(43)23(45)22(44)16(42)8-41/h6,13,15-17,20-23,26,41-45H,2-5,7-11H2,1H3,(H,34,46)(H,48,49)(H2,33,36,38)/t13?,15-,16?,17?,20?,21+,22?,23?,26?/m1/s1. The normalized spacial score (nSPS) is 23.2. The van der Waals surface area contributed by atoms with Gasteiger partial charge in [-0.3, -0.25) is 14.6 Å². The van der Waals surface area contributed by atoms with E-state index < -0.39 is 102 Å². The van der Waals surface area contributed by atoms with Gasteiger partial charge < -0.3 is 69.8 Å². The first-order valence-electron chi connectivity index (χ1n) is 17.7. The first-order valence-corrected chi connectivity index (χ1v) is 19.5. The predicted molar refractivity (Wildman–Crippen MR) is 198 cm³/mol. The Balaban J connectivity index is 1.29. The molecule has 2 aromatic heterocycles. The monoisotopic (exact) mass is 872 g/mol. The van der Waals surface area contributed by atoms with Crippen LogP contribution in [0.1, 0.15) is 36.2 Å². The summed E-state index contributed by atoms with van der Waals surface area (Å²) in [6.45, 7) is -0.158. The second-order valence-corrected chi connectivity index (χ2v) is 15.3. The SMILES string of the molecule is Cc1oc(=O)oc1COC(=O)N1CC[C@@H](N2CCC(C=C3CSC([C@H](NC(=O)C(N=O)c4nsc(N)n4)C(=O)OCC(O)C(O)C(O)C(O)CO)N=C3C(=O)O)C2=O)C1. The summed E-state index contributed by atoms with van der Waals surface area (Å²) in [7, 11) is 0. The Kier molecular flexibility index (Phi) is 14.9. The average Bonchev–Trinajstić information content (AvgIpc) is 4.02. The Hall–Kier alpha value is -5.32. The number of hydrogen-bond acceptors (Lipinski definition) is 23. The number of nitrogens with two attached hydrogens (primary N) is 1. The molecule has 0 spiro atoms. The van der Waals surface area contributed by atoms with Crippen LogP contribution in [0.25, 0.3) is 0 Å². The number of carbonyl (C=O) groups is 5. The Bertz CT molecular complexity index is 2020. The molecule has 2 saturated heterocycles. The molecule has 0 radical (unpaired) electrons. The van der Waals surface area contributed by atoms with E-state index in [4.69, 9.17) is 29.1 Å². The number of nitroso groups, excluding NO2 is 1. The molecule has 322 valence electrons. The van der Waals surface area contributed by atoms with Gasteiger partial charge in [0.05, 0.1) is 18.6 Å². The van der Waals surface area contributed by atoms with Gasteiger partial charge in [0.25, 0.3) is 5.91 Å². The molecule has 3 aliphatic heterocycles. The molecule has 27 heteroatoms. The van der Waals surface area contributed by atoms with Gasteiger partial charge in [-0.15, -0.1) is 16.7 Å². The number of aromatic nitrogens is 2. The number of carbonyl (C=O) groups excluding carboxylic acids is 4. The number of likely N-dealkylation sites (tertiary alicyclic amines) is 2. The highest BCUT2D eigenvalue weighted by Gasteiger charge is 2.42.